The van der Waals surface area contributed by atoms with Crippen molar-refractivity contribution in [3.05, 3.63) is 28.2 Å². The van der Waals surface area contributed by atoms with Crippen molar-refractivity contribution in [3.8, 4) is 0 Å². The fourth-order valence-corrected chi connectivity index (χ4v) is 3.34. The van der Waals surface area contributed by atoms with Crippen LogP contribution in [0.2, 0.25) is 0 Å². The molecule has 1 aliphatic heterocycles. The Kier molecular flexibility index (Phi) is 4.73. The monoisotopic (exact) mass is 326 g/mol. The van der Waals surface area contributed by atoms with Crippen LogP contribution in [-0.4, -0.2) is 17.0 Å². The number of thioether (sulfide) groups is 1. The van der Waals surface area contributed by atoms with E-state index in [1.807, 2.05) is 11.8 Å². The summed E-state index contributed by atoms with van der Waals surface area (Å²) in [7, 11) is 0. The number of benzene rings is 1. The second-order valence-corrected chi connectivity index (χ2v) is 6.89. The van der Waals surface area contributed by atoms with Crippen molar-refractivity contribution >= 4 is 38.5 Å². The number of hydrogen-bond donors (Lipinski definition) is 1. The van der Waals surface area contributed by atoms with E-state index in [9.17, 15) is 0 Å². The number of anilines is 1. The lowest BCUT2D eigenvalue weighted by atomic mass is 10.1. The largest absolute Gasteiger partial charge is 0.334 e. The number of nitrogens with one attached hydrogen (secondary N) is 1. The summed E-state index contributed by atoms with van der Waals surface area (Å²) in [5.74, 6) is 1.81. The van der Waals surface area contributed by atoms with Crippen molar-refractivity contribution in [2.45, 2.75) is 33.2 Å². The van der Waals surface area contributed by atoms with E-state index in [1.165, 1.54) is 12.0 Å². The highest BCUT2D eigenvalue weighted by Gasteiger charge is 2.19. The lowest BCUT2D eigenvalue weighted by Gasteiger charge is -2.09. The molecule has 0 aromatic heterocycles. The summed E-state index contributed by atoms with van der Waals surface area (Å²) in [6.45, 7) is 6.60. The molecule has 0 saturated carbocycles. The number of amidine groups is 1. The number of aryl methyl sites for hydroxylation is 1. The van der Waals surface area contributed by atoms with Crippen LogP contribution in [0.5, 0.6) is 0 Å². The van der Waals surface area contributed by atoms with Gasteiger partial charge in [0, 0.05) is 10.2 Å². The summed E-state index contributed by atoms with van der Waals surface area (Å²) in [6, 6.07) is 6.71. The molecular formula is C14H19BrN2S. The third kappa shape index (κ3) is 3.51. The van der Waals surface area contributed by atoms with Crippen LogP contribution in [0.25, 0.3) is 0 Å². The molecule has 0 radical (unpaired) electrons. The quantitative estimate of drug-likeness (QED) is 0.871. The molecule has 0 aliphatic carbocycles. The van der Waals surface area contributed by atoms with Gasteiger partial charge in [0.1, 0.15) is 0 Å². The Hall–Kier alpha value is -0.480. The van der Waals surface area contributed by atoms with Crippen LogP contribution in [0.1, 0.15) is 25.8 Å². The molecule has 0 spiro atoms. The van der Waals surface area contributed by atoms with E-state index in [1.54, 1.807) is 0 Å². The van der Waals surface area contributed by atoms with E-state index in [0.29, 0.717) is 12.0 Å². The van der Waals surface area contributed by atoms with Gasteiger partial charge in [-0.3, -0.25) is 4.99 Å². The van der Waals surface area contributed by atoms with Gasteiger partial charge in [-0.25, -0.2) is 0 Å². The van der Waals surface area contributed by atoms with Crippen LogP contribution >= 0.6 is 27.7 Å². The van der Waals surface area contributed by atoms with Gasteiger partial charge < -0.3 is 5.32 Å². The highest BCUT2D eigenvalue weighted by Crippen LogP contribution is 2.29. The molecule has 2 rings (SSSR count). The van der Waals surface area contributed by atoms with Gasteiger partial charge in [0.2, 0.25) is 0 Å². The first-order chi connectivity index (χ1) is 8.56. The molecule has 0 bridgehead atoms. The molecular weight excluding hydrogens is 308 g/mol. The molecule has 2 nitrogen and oxygen atoms in total. The Morgan fingerprint density at radius 1 is 1.50 bits per heavy atom. The minimum Gasteiger partial charge on any atom is -0.334 e. The van der Waals surface area contributed by atoms with Gasteiger partial charge >= 0.3 is 0 Å². The molecule has 1 aromatic carbocycles. The fraction of sp³-hybridized carbons (Fsp3) is 0.500. The lowest BCUT2D eigenvalue weighted by molar-refractivity contribution is 0.529. The van der Waals surface area contributed by atoms with E-state index < -0.39 is 0 Å². The van der Waals surface area contributed by atoms with Gasteiger partial charge in [-0.05, 0) is 46.8 Å². The van der Waals surface area contributed by atoms with E-state index >= 15 is 0 Å². The third-order valence-corrected chi connectivity index (χ3v) is 4.97. The Labute approximate surface area is 122 Å². The number of nitrogens with zero attached hydrogens (tertiary/aromatic N) is 1. The van der Waals surface area contributed by atoms with E-state index in [-0.39, 0.29) is 0 Å². The maximum Gasteiger partial charge on any atom is 0.161 e. The van der Waals surface area contributed by atoms with Gasteiger partial charge in [0.05, 0.1) is 11.7 Å². The van der Waals surface area contributed by atoms with Crippen LogP contribution in [0.4, 0.5) is 5.69 Å². The number of aliphatic imine (C=N–C) groups is 1. The van der Waals surface area contributed by atoms with Crippen molar-refractivity contribution in [2.24, 2.45) is 10.9 Å². The predicted molar refractivity (Wildman–Crippen MR) is 85.6 cm³/mol. The molecule has 18 heavy (non-hydrogen) atoms. The van der Waals surface area contributed by atoms with E-state index in [2.05, 4.69) is 60.2 Å². The molecule has 1 atom stereocenters. The maximum absolute atomic E-state index is 4.74. The standard InChI is InChI=1S/C14H19BrN2S/c1-9(2)7-11-8-18-14(16-11)17-12-6-4-5-10(3)13(12)15/h4-6,9,11H,7-8H2,1-3H3,(H,16,17). The Morgan fingerprint density at radius 2 is 2.28 bits per heavy atom. The second-order valence-electron chi connectivity index (χ2n) is 5.09. The average Bonchev–Trinajstić information content (AvgIpc) is 2.71. The smallest absolute Gasteiger partial charge is 0.161 e. The zero-order valence-corrected chi connectivity index (χ0v) is 13.4. The van der Waals surface area contributed by atoms with Crippen molar-refractivity contribution in [3.63, 3.8) is 0 Å². The average molecular weight is 327 g/mol. The molecule has 4 heteroatoms. The summed E-state index contributed by atoms with van der Waals surface area (Å²) >= 11 is 5.44. The molecule has 1 aromatic rings. The van der Waals surface area contributed by atoms with Crippen LogP contribution in [0.15, 0.2) is 27.7 Å². The normalized spacial score (nSPS) is 19.2. The number of halogens is 1. The summed E-state index contributed by atoms with van der Waals surface area (Å²) < 4.78 is 1.13. The van der Waals surface area contributed by atoms with Crippen LogP contribution in [0.3, 0.4) is 0 Å². The summed E-state index contributed by atoms with van der Waals surface area (Å²) in [5.41, 5.74) is 2.34. The molecule has 0 fully saturated rings. The van der Waals surface area contributed by atoms with Gasteiger partial charge in [-0.2, -0.15) is 0 Å². The van der Waals surface area contributed by atoms with Crippen LogP contribution in [-0.2, 0) is 0 Å². The zero-order valence-electron chi connectivity index (χ0n) is 11.0. The molecule has 1 heterocycles. The highest BCUT2D eigenvalue weighted by atomic mass is 79.9. The topological polar surface area (TPSA) is 24.4 Å². The third-order valence-electron chi connectivity index (χ3n) is 2.89. The van der Waals surface area contributed by atoms with Gasteiger partial charge in [-0.1, -0.05) is 37.7 Å². The summed E-state index contributed by atoms with van der Waals surface area (Å²) in [5, 5.41) is 4.47. The Morgan fingerprint density at radius 3 is 3.00 bits per heavy atom. The Bertz CT molecular complexity index is 457. The molecule has 1 unspecified atom stereocenters. The molecule has 1 aliphatic rings. The first-order valence-electron chi connectivity index (χ1n) is 6.29. The van der Waals surface area contributed by atoms with E-state index in [4.69, 9.17) is 4.99 Å². The van der Waals surface area contributed by atoms with Crippen molar-refractivity contribution < 1.29 is 0 Å². The molecule has 1 N–H and O–H groups in total. The molecule has 0 saturated heterocycles. The first kappa shape index (κ1) is 13.9. The van der Waals surface area contributed by atoms with Crippen molar-refractivity contribution in [1.29, 1.82) is 0 Å². The second kappa shape index (κ2) is 6.11. The predicted octanol–water partition coefficient (Wildman–Crippen LogP) is 4.69. The van der Waals surface area contributed by atoms with E-state index in [0.717, 1.165) is 21.1 Å². The van der Waals surface area contributed by atoms with Crippen molar-refractivity contribution in [2.75, 3.05) is 11.1 Å². The van der Waals surface area contributed by atoms with Gasteiger partial charge in [0.25, 0.3) is 0 Å². The summed E-state index contributed by atoms with van der Waals surface area (Å²) in [4.78, 5) is 4.74. The first-order valence-corrected chi connectivity index (χ1v) is 8.07. The van der Waals surface area contributed by atoms with Gasteiger partial charge in [-0.15, -0.1) is 0 Å². The zero-order chi connectivity index (χ0) is 13.1. The number of hydrogen-bond acceptors (Lipinski definition) is 3. The highest BCUT2D eigenvalue weighted by molar-refractivity contribution is 9.10. The van der Waals surface area contributed by atoms with Gasteiger partial charge in [0.15, 0.2) is 5.17 Å². The molecule has 98 valence electrons. The SMILES string of the molecule is Cc1cccc(NC2=NC(CC(C)C)CS2)c1Br. The lowest BCUT2D eigenvalue weighted by Crippen LogP contribution is -2.08. The minimum absolute atomic E-state index is 0.473. The van der Waals surface area contributed by atoms with Crippen LogP contribution < -0.4 is 5.32 Å². The number of rotatable bonds is 3. The van der Waals surface area contributed by atoms with Crippen molar-refractivity contribution in [1.82, 2.24) is 0 Å². The Balaban J connectivity index is 2.04. The van der Waals surface area contributed by atoms with Crippen LogP contribution in [0, 0.1) is 12.8 Å². The summed E-state index contributed by atoms with van der Waals surface area (Å²) in [6.07, 6.45) is 1.17. The minimum atomic E-state index is 0.473. The molecule has 0 amide bonds. The maximum atomic E-state index is 4.74. The fourth-order valence-electron chi connectivity index (χ4n) is 2.01.